The molecule has 11 rings (SSSR count). The van der Waals surface area contributed by atoms with Crippen molar-refractivity contribution in [3.63, 3.8) is 0 Å². The van der Waals surface area contributed by atoms with Gasteiger partial charge in [-0.1, -0.05) is 48.5 Å². The maximum Gasteiger partial charge on any atom is 0.303 e. The van der Waals surface area contributed by atoms with Crippen LogP contribution in [-0.2, 0) is 85.7 Å². The molecule has 0 radical (unpaired) electrons. The van der Waals surface area contributed by atoms with Crippen molar-refractivity contribution in [3.05, 3.63) is 144 Å². The standard InChI is InChI=1S/C72H68N6O20/c1-35(79)87-33-59-65(89-37(3)81)67(91-39(5)83)69(93-41(7)85)71(97-59)95-49-21-13-45(14-22-49)63-55-29-25-51(75-55)61(43-9-17-47(73)18-10-43)53-27-31-57(77-53)64(58-32-28-54(78-58)62(52-26-30-56(63)76-52)44-11-19-48(74)20-12-44)46-15-23-50(24-16-46)96-72-70(94-42(8)86)68(92-40(6)84)66(90-38(4)82)60(98-72)34-88-36(2)80/h9-32,59-60,65-72,75,78H,33-34,73-74H2,1-8H3/t59-,60-,65-,66-,67+,68+,69-,70-,71-,72-/m1/s1. The highest BCUT2D eigenvalue weighted by Gasteiger charge is 2.55. The summed E-state index contributed by atoms with van der Waals surface area (Å²) in [6.07, 6.45) is -6.54. The molecule has 3 aromatic heterocycles. The predicted molar refractivity (Wildman–Crippen MR) is 355 cm³/mol. The molecule has 2 fully saturated rings. The van der Waals surface area contributed by atoms with Gasteiger partial charge in [0.2, 0.25) is 24.8 Å². The smallest absolute Gasteiger partial charge is 0.303 e. The molecule has 0 amide bonds. The van der Waals surface area contributed by atoms with Crippen molar-refractivity contribution in [2.45, 2.75) is 117 Å². The Hall–Kier alpha value is -11.6. The zero-order chi connectivity index (χ0) is 69.6. The molecule has 6 N–H and O–H groups in total. The quantitative estimate of drug-likeness (QED) is 0.0353. The fourth-order valence-electron chi connectivity index (χ4n) is 12.0. The van der Waals surface area contributed by atoms with Crippen molar-refractivity contribution in [1.82, 2.24) is 19.9 Å². The largest absolute Gasteiger partial charge is 0.463 e. The molecule has 10 atom stereocenters. The lowest BCUT2D eigenvalue weighted by Gasteiger charge is -2.43. The van der Waals surface area contributed by atoms with Gasteiger partial charge in [0, 0.05) is 111 Å². The van der Waals surface area contributed by atoms with Crippen LogP contribution in [0.25, 0.3) is 90.9 Å². The van der Waals surface area contributed by atoms with Crippen LogP contribution >= 0.6 is 0 Å². The third-order valence-electron chi connectivity index (χ3n) is 15.8. The zero-order valence-electron chi connectivity index (χ0n) is 54.3. The lowest BCUT2D eigenvalue weighted by atomic mass is 9.98. The number of aromatic nitrogens is 4. The third-order valence-corrected chi connectivity index (χ3v) is 15.8. The number of benzene rings is 4. The van der Waals surface area contributed by atoms with Crippen LogP contribution in [0.15, 0.2) is 121 Å². The van der Waals surface area contributed by atoms with E-state index < -0.39 is 122 Å². The van der Waals surface area contributed by atoms with Gasteiger partial charge in [0.1, 0.15) is 36.9 Å². The van der Waals surface area contributed by atoms with Crippen LogP contribution in [0.3, 0.4) is 0 Å². The molecule has 0 saturated carbocycles. The minimum Gasteiger partial charge on any atom is -0.463 e. The van der Waals surface area contributed by atoms with Crippen LogP contribution in [0.4, 0.5) is 11.4 Å². The van der Waals surface area contributed by atoms with Gasteiger partial charge in [0.15, 0.2) is 24.4 Å². The second-order valence-corrected chi connectivity index (χ2v) is 23.2. The van der Waals surface area contributed by atoms with Gasteiger partial charge < -0.3 is 78.3 Å². The van der Waals surface area contributed by atoms with Crippen molar-refractivity contribution in [2.75, 3.05) is 24.7 Å². The number of rotatable bonds is 18. The van der Waals surface area contributed by atoms with E-state index in [1.54, 1.807) is 72.8 Å². The lowest BCUT2D eigenvalue weighted by molar-refractivity contribution is -0.288. The first-order valence-corrected chi connectivity index (χ1v) is 31.0. The number of H-pyrrole nitrogens is 2. The van der Waals surface area contributed by atoms with Gasteiger partial charge in [-0.2, -0.15) is 0 Å². The second-order valence-electron chi connectivity index (χ2n) is 23.2. The Bertz CT molecular complexity index is 4200. The molecule has 506 valence electrons. The first-order chi connectivity index (χ1) is 46.9. The van der Waals surface area contributed by atoms with Crippen LogP contribution in [0.2, 0.25) is 0 Å². The molecule has 4 aromatic carbocycles. The molecule has 26 heteroatoms. The summed E-state index contributed by atoms with van der Waals surface area (Å²) >= 11 is 0. The van der Waals surface area contributed by atoms with E-state index in [0.717, 1.165) is 52.7 Å². The first kappa shape index (κ1) is 67.8. The van der Waals surface area contributed by atoms with E-state index in [2.05, 4.69) is 9.97 Å². The number of nitrogens with zero attached hydrogens (tertiary/aromatic N) is 2. The highest BCUT2D eigenvalue weighted by Crippen LogP contribution is 2.41. The Balaban J connectivity index is 1.05. The Labute approximate surface area is 560 Å². The summed E-state index contributed by atoms with van der Waals surface area (Å²) in [6, 6.07) is 36.4. The van der Waals surface area contributed by atoms with Crippen molar-refractivity contribution in [2.24, 2.45) is 0 Å². The zero-order valence-corrected chi connectivity index (χ0v) is 54.3. The maximum absolute atomic E-state index is 12.7. The summed E-state index contributed by atoms with van der Waals surface area (Å²) in [6.45, 7) is 8.27. The fraction of sp³-hybridized carbons (Fsp3) is 0.278. The summed E-state index contributed by atoms with van der Waals surface area (Å²) in [5.41, 5.74) is 24.1. The van der Waals surface area contributed by atoms with Gasteiger partial charge in [-0.15, -0.1) is 0 Å². The SMILES string of the molecule is CC(=O)OC[C@H]1O[C@@H](Oc2ccc(-c3c4nc(c(-c5ccc(N)cc5)c5ccc([nH]5)c(-c5ccc(O[C@@H]6O[C@H](COC(C)=O)[C@@H](OC(C)=O)[C@H](OC(C)=O)[C@H]6OC(C)=O)cc5)c5nc(c(-c6ccc(N)cc6)c6ccc3[nH]6)C=C5)C=C4)cc2)[C@H](OC(C)=O)[C@@H](OC(C)=O)[C@@H]1OC(C)=O. The second kappa shape index (κ2) is 29.1. The van der Waals surface area contributed by atoms with E-state index >= 15 is 0 Å². The predicted octanol–water partition coefficient (Wildman–Crippen LogP) is 9.41. The van der Waals surface area contributed by atoms with Gasteiger partial charge in [-0.25, -0.2) is 9.97 Å². The molecular weight excluding hydrogens is 1270 g/mol. The van der Waals surface area contributed by atoms with Crippen LogP contribution in [0.1, 0.15) is 78.2 Å². The summed E-state index contributed by atoms with van der Waals surface area (Å²) in [5.74, 6) is -5.67. The lowest BCUT2D eigenvalue weighted by Crippen LogP contribution is -2.63. The number of fused-ring (bicyclic) bond motifs is 8. The Morgan fingerprint density at radius 1 is 0.347 bits per heavy atom. The number of nitrogens with one attached hydrogen (secondary N) is 2. The monoisotopic (exact) mass is 1340 g/mol. The number of carbonyl (C=O) groups is 8. The highest BCUT2D eigenvalue weighted by molar-refractivity contribution is 6.00. The summed E-state index contributed by atoms with van der Waals surface area (Å²) in [4.78, 5) is 118. The molecule has 0 unspecified atom stereocenters. The molecule has 4 aliphatic rings. The number of ether oxygens (including phenoxy) is 12. The minimum absolute atomic E-state index is 0.203. The van der Waals surface area contributed by atoms with E-state index in [0.29, 0.717) is 89.6 Å². The number of esters is 8. The van der Waals surface area contributed by atoms with Crippen LogP contribution in [0, 0.1) is 0 Å². The molecule has 7 aromatic rings. The summed E-state index contributed by atoms with van der Waals surface area (Å²) < 4.78 is 69.7. The number of hydrogen-bond acceptors (Lipinski definition) is 24. The van der Waals surface area contributed by atoms with Crippen molar-refractivity contribution in [1.29, 1.82) is 0 Å². The van der Waals surface area contributed by atoms with E-state index in [-0.39, 0.29) is 11.5 Å². The molecule has 0 spiro atoms. The van der Waals surface area contributed by atoms with Crippen LogP contribution in [-0.4, -0.2) is 142 Å². The molecule has 4 aliphatic heterocycles. The van der Waals surface area contributed by atoms with Crippen molar-refractivity contribution >= 4 is 106 Å². The molecule has 0 aliphatic carbocycles. The maximum atomic E-state index is 12.7. The van der Waals surface area contributed by atoms with Gasteiger partial charge >= 0.3 is 47.8 Å². The summed E-state index contributed by atoms with van der Waals surface area (Å²) in [5, 5.41) is 0. The van der Waals surface area contributed by atoms with E-state index in [9.17, 15) is 38.4 Å². The third kappa shape index (κ3) is 15.5. The van der Waals surface area contributed by atoms with Crippen molar-refractivity contribution in [3.8, 4) is 56.0 Å². The van der Waals surface area contributed by atoms with Gasteiger partial charge in [0.05, 0.1) is 22.8 Å². The number of anilines is 2. The van der Waals surface area contributed by atoms with Crippen molar-refractivity contribution < 1.29 is 95.2 Å². The van der Waals surface area contributed by atoms with Gasteiger partial charge in [0.25, 0.3) is 0 Å². The fourth-order valence-corrected chi connectivity index (χ4v) is 12.0. The number of nitrogens with two attached hydrogens (primary N) is 2. The molecule has 26 nitrogen and oxygen atoms in total. The average molecular weight is 1340 g/mol. The van der Waals surface area contributed by atoms with Crippen LogP contribution < -0.4 is 20.9 Å². The number of aromatic amines is 2. The molecular formula is C72H68N6O20. The van der Waals surface area contributed by atoms with E-state index in [1.807, 2.05) is 72.8 Å². The molecule has 8 bridgehead atoms. The highest BCUT2D eigenvalue weighted by atomic mass is 16.7. The molecule has 98 heavy (non-hydrogen) atoms. The number of carbonyl (C=O) groups excluding carboxylic acids is 8. The number of nitrogen functional groups attached to an aromatic ring is 2. The minimum atomic E-state index is -1.50. The topological polar surface area (TPSA) is 357 Å². The number of hydrogen-bond donors (Lipinski definition) is 4. The summed E-state index contributed by atoms with van der Waals surface area (Å²) in [7, 11) is 0. The van der Waals surface area contributed by atoms with Gasteiger partial charge in [-0.3, -0.25) is 38.4 Å². The Morgan fingerprint density at radius 2 is 0.602 bits per heavy atom. The first-order valence-electron chi connectivity index (χ1n) is 31.0. The Morgan fingerprint density at radius 3 is 0.867 bits per heavy atom. The van der Waals surface area contributed by atoms with E-state index in [4.69, 9.17) is 78.3 Å². The van der Waals surface area contributed by atoms with Crippen LogP contribution in [0.5, 0.6) is 11.5 Å². The average Bonchev–Trinajstić information content (AvgIpc) is 1.37. The van der Waals surface area contributed by atoms with Gasteiger partial charge in [-0.05, 0) is 119 Å². The van der Waals surface area contributed by atoms with E-state index in [1.165, 1.54) is 13.8 Å². The normalized spacial score (nSPS) is 20.8. The Kier molecular flexibility index (Phi) is 20.2. The molecule has 7 heterocycles. The molecule has 2 saturated heterocycles.